The minimum absolute atomic E-state index is 0.585. The number of hydrogen-bond donors (Lipinski definition) is 0. The van der Waals surface area contributed by atoms with Gasteiger partial charge in [0.2, 0.25) is 5.95 Å². The summed E-state index contributed by atoms with van der Waals surface area (Å²) in [4.78, 5) is 10.8. The highest BCUT2D eigenvalue weighted by Crippen LogP contribution is 2.49. The molecule has 0 fully saturated rings. The van der Waals surface area contributed by atoms with Gasteiger partial charge in [-0.05, 0) is 64.0 Å². The van der Waals surface area contributed by atoms with Gasteiger partial charge in [-0.15, -0.1) is 0 Å². The van der Waals surface area contributed by atoms with E-state index in [2.05, 4.69) is 162 Å². The Morgan fingerprint density at radius 3 is 1.63 bits per heavy atom. The molecule has 13 aromatic rings. The molecular weight excluding hydrogens is 723 g/mol. The summed E-state index contributed by atoms with van der Waals surface area (Å²) in [5, 5.41) is 9.72. The Balaban J connectivity index is 1.07. The summed E-state index contributed by atoms with van der Waals surface area (Å²) in [6.07, 6.45) is 0. The van der Waals surface area contributed by atoms with Crippen LogP contribution in [0.4, 0.5) is 0 Å². The van der Waals surface area contributed by atoms with E-state index in [9.17, 15) is 0 Å². The largest absolute Gasteiger partial charge is 0.456 e. The number of nitrogens with zero attached hydrogens (tertiary/aromatic N) is 3. The SMILES string of the molecule is c1ccc(-c2ccc(-c3ccc(-c4nc(-n5c6ccccc6c6c7ccc8oc9ccccc9c8c7c7c8ccccc8oc7c65)nc5ccccc45)cc3)cc2)cc1. The van der Waals surface area contributed by atoms with Crippen LogP contribution >= 0.6 is 0 Å². The van der Waals surface area contributed by atoms with Gasteiger partial charge >= 0.3 is 0 Å². The molecule has 0 saturated heterocycles. The molecule has 59 heavy (non-hydrogen) atoms. The molecular formula is C54H31N3O2. The number of hydrogen-bond acceptors (Lipinski definition) is 4. The first kappa shape index (κ1) is 32.1. The standard InChI is InChI=1S/C54H31N3O2/c1-2-12-32(13-3-1)33-22-24-34(25-23-33)35-26-28-36(29-27-35)51-37-14-4-8-18-42(37)55-54(56-51)57-43-19-9-5-15-38(43)47-41-30-31-46-48(39-16-6-10-20-44(39)58-46)49(41)50-40-17-7-11-21-45(40)59-53(50)52(47)57/h1-31H. The van der Waals surface area contributed by atoms with Crippen molar-refractivity contribution in [3.8, 4) is 39.5 Å². The van der Waals surface area contributed by atoms with Gasteiger partial charge in [0, 0.05) is 48.7 Å². The first-order chi connectivity index (χ1) is 29.3. The lowest BCUT2D eigenvalue weighted by atomic mass is 9.95. The predicted octanol–water partition coefficient (Wildman–Crippen LogP) is 14.7. The van der Waals surface area contributed by atoms with Crippen LogP contribution in [-0.4, -0.2) is 14.5 Å². The Morgan fingerprint density at radius 2 is 0.898 bits per heavy atom. The Hall–Kier alpha value is -8.02. The molecule has 0 aliphatic carbocycles. The van der Waals surface area contributed by atoms with Gasteiger partial charge in [0.25, 0.3) is 0 Å². The summed E-state index contributed by atoms with van der Waals surface area (Å²) in [7, 11) is 0. The molecule has 9 aromatic carbocycles. The third kappa shape index (κ3) is 4.67. The van der Waals surface area contributed by atoms with E-state index in [-0.39, 0.29) is 0 Å². The second-order valence-corrected chi connectivity index (χ2v) is 15.2. The number of furan rings is 2. The molecule has 0 spiro atoms. The van der Waals surface area contributed by atoms with Crippen molar-refractivity contribution in [2.75, 3.05) is 0 Å². The van der Waals surface area contributed by atoms with Crippen LogP contribution in [0.15, 0.2) is 197 Å². The molecule has 0 N–H and O–H groups in total. The second-order valence-electron chi connectivity index (χ2n) is 15.2. The normalized spacial score (nSPS) is 12.1. The third-order valence-electron chi connectivity index (χ3n) is 12.0. The molecule has 0 bridgehead atoms. The van der Waals surface area contributed by atoms with Crippen molar-refractivity contribution < 1.29 is 8.83 Å². The van der Waals surface area contributed by atoms with E-state index in [1.165, 1.54) is 11.1 Å². The van der Waals surface area contributed by atoms with E-state index in [1.54, 1.807) is 0 Å². The van der Waals surface area contributed by atoms with Gasteiger partial charge in [0.15, 0.2) is 5.58 Å². The first-order valence-corrected chi connectivity index (χ1v) is 19.9. The van der Waals surface area contributed by atoms with Crippen molar-refractivity contribution in [3.05, 3.63) is 188 Å². The third-order valence-corrected chi connectivity index (χ3v) is 12.0. The van der Waals surface area contributed by atoms with Gasteiger partial charge in [0.1, 0.15) is 22.3 Å². The number of para-hydroxylation sites is 4. The number of rotatable bonds is 4. The maximum atomic E-state index is 6.99. The van der Waals surface area contributed by atoms with Crippen molar-refractivity contribution >= 4 is 87.4 Å². The molecule has 4 aromatic heterocycles. The number of aromatic nitrogens is 3. The van der Waals surface area contributed by atoms with Crippen molar-refractivity contribution in [1.29, 1.82) is 0 Å². The monoisotopic (exact) mass is 753 g/mol. The van der Waals surface area contributed by atoms with Gasteiger partial charge < -0.3 is 8.83 Å². The molecule has 0 radical (unpaired) electrons. The van der Waals surface area contributed by atoms with Crippen LogP contribution in [0.2, 0.25) is 0 Å². The summed E-state index contributed by atoms with van der Waals surface area (Å²) in [5.74, 6) is 0.585. The van der Waals surface area contributed by atoms with Crippen LogP contribution in [0, 0.1) is 0 Å². The average Bonchev–Trinajstić information content (AvgIpc) is 3.99. The van der Waals surface area contributed by atoms with Gasteiger partial charge in [-0.25, -0.2) is 9.97 Å². The zero-order chi connectivity index (χ0) is 38.6. The van der Waals surface area contributed by atoms with E-state index in [4.69, 9.17) is 18.8 Å². The highest BCUT2D eigenvalue weighted by molar-refractivity contribution is 6.40. The second kappa shape index (κ2) is 12.2. The molecule has 0 saturated carbocycles. The van der Waals surface area contributed by atoms with Gasteiger partial charge in [-0.2, -0.15) is 0 Å². The Bertz CT molecular complexity index is 3820. The van der Waals surface area contributed by atoms with E-state index in [0.29, 0.717) is 5.95 Å². The number of fused-ring (bicyclic) bond motifs is 15. The van der Waals surface area contributed by atoms with Gasteiger partial charge in [-0.1, -0.05) is 152 Å². The van der Waals surface area contributed by atoms with Crippen LogP contribution in [0.1, 0.15) is 0 Å². The van der Waals surface area contributed by atoms with E-state index in [0.717, 1.165) is 110 Å². The van der Waals surface area contributed by atoms with Crippen LogP contribution < -0.4 is 0 Å². The van der Waals surface area contributed by atoms with Crippen LogP contribution in [0.25, 0.3) is 127 Å². The van der Waals surface area contributed by atoms with Gasteiger partial charge in [-0.3, -0.25) is 4.57 Å². The van der Waals surface area contributed by atoms with E-state index >= 15 is 0 Å². The Kier molecular flexibility index (Phi) is 6.66. The van der Waals surface area contributed by atoms with Crippen molar-refractivity contribution in [2.24, 2.45) is 0 Å². The Labute approximate surface area is 337 Å². The van der Waals surface area contributed by atoms with Crippen molar-refractivity contribution in [3.63, 3.8) is 0 Å². The highest BCUT2D eigenvalue weighted by Gasteiger charge is 2.26. The summed E-state index contributed by atoms with van der Waals surface area (Å²) in [5.41, 5.74) is 12.8. The molecule has 0 atom stereocenters. The lowest BCUT2D eigenvalue weighted by molar-refractivity contribution is 0.669. The summed E-state index contributed by atoms with van der Waals surface area (Å²) in [6.45, 7) is 0. The maximum absolute atomic E-state index is 6.99. The van der Waals surface area contributed by atoms with Gasteiger partial charge in [0.05, 0.1) is 16.7 Å². The molecule has 0 unspecified atom stereocenters. The minimum atomic E-state index is 0.585. The lowest BCUT2D eigenvalue weighted by Gasteiger charge is -2.13. The number of benzene rings is 9. The van der Waals surface area contributed by atoms with E-state index in [1.807, 2.05) is 30.3 Å². The van der Waals surface area contributed by atoms with Crippen LogP contribution in [0.3, 0.4) is 0 Å². The van der Waals surface area contributed by atoms with Crippen molar-refractivity contribution in [2.45, 2.75) is 0 Å². The minimum Gasteiger partial charge on any atom is -0.456 e. The smallest absolute Gasteiger partial charge is 0.235 e. The highest BCUT2D eigenvalue weighted by atomic mass is 16.3. The fourth-order valence-corrected chi connectivity index (χ4v) is 9.37. The van der Waals surface area contributed by atoms with Crippen LogP contribution in [0.5, 0.6) is 0 Å². The molecule has 13 rings (SSSR count). The lowest BCUT2D eigenvalue weighted by Crippen LogP contribution is -2.03. The topological polar surface area (TPSA) is 57.0 Å². The zero-order valence-corrected chi connectivity index (χ0v) is 31.6. The molecule has 5 nitrogen and oxygen atoms in total. The first-order valence-electron chi connectivity index (χ1n) is 19.9. The molecule has 4 heterocycles. The molecule has 0 amide bonds. The maximum Gasteiger partial charge on any atom is 0.235 e. The fraction of sp³-hybridized carbons (Fsp3) is 0. The van der Waals surface area contributed by atoms with Crippen molar-refractivity contribution in [1.82, 2.24) is 14.5 Å². The molecule has 5 heteroatoms. The fourth-order valence-electron chi connectivity index (χ4n) is 9.37. The zero-order valence-electron chi connectivity index (χ0n) is 31.6. The summed E-state index contributed by atoms with van der Waals surface area (Å²) in [6, 6.07) is 65.8. The molecule has 0 aliphatic rings. The average molecular weight is 754 g/mol. The summed E-state index contributed by atoms with van der Waals surface area (Å²) >= 11 is 0. The summed E-state index contributed by atoms with van der Waals surface area (Å²) < 4.78 is 15.7. The predicted molar refractivity (Wildman–Crippen MR) is 242 cm³/mol. The Morgan fingerprint density at radius 1 is 0.339 bits per heavy atom. The van der Waals surface area contributed by atoms with Crippen LogP contribution in [-0.2, 0) is 0 Å². The molecule has 0 aliphatic heterocycles. The quantitative estimate of drug-likeness (QED) is 0.180. The molecule has 274 valence electrons. The van der Waals surface area contributed by atoms with E-state index < -0.39 is 0 Å².